The number of rotatable bonds is 5. The van der Waals surface area contributed by atoms with Crippen molar-refractivity contribution in [3.05, 3.63) is 58.7 Å². The molecule has 1 aliphatic heterocycles. The number of hydrogen-bond acceptors (Lipinski definition) is 4. The van der Waals surface area contributed by atoms with Gasteiger partial charge in [-0.15, -0.1) is 0 Å². The van der Waals surface area contributed by atoms with Crippen LogP contribution in [0.25, 0.3) is 0 Å². The fraction of sp³-hybridized carbons (Fsp3) is 0.429. The van der Waals surface area contributed by atoms with Gasteiger partial charge in [-0.25, -0.2) is 8.42 Å². The molecule has 0 saturated carbocycles. The third-order valence-electron chi connectivity index (χ3n) is 5.01. The van der Waals surface area contributed by atoms with E-state index in [0.29, 0.717) is 10.6 Å². The van der Waals surface area contributed by atoms with Crippen LogP contribution in [0.15, 0.2) is 41.3 Å². The molecule has 0 bridgehead atoms. The van der Waals surface area contributed by atoms with Gasteiger partial charge in [-0.05, 0) is 56.1 Å². The first-order valence-electron chi connectivity index (χ1n) is 9.34. The van der Waals surface area contributed by atoms with Gasteiger partial charge in [-0.2, -0.15) is 0 Å². The molecular formula is C21H28N2O3S. The third-order valence-corrected chi connectivity index (χ3v) is 6.69. The van der Waals surface area contributed by atoms with Gasteiger partial charge >= 0.3 is 0 Å². The summed E-state index contributed by atoms with van der Waals surface area (Å²) in [5.74, 6) is 0. The molecule has 146 valence electrons. The van der Waals surface area contributed by atoms with Crippen molar-refractivity contribution >= 4 is 15.7 Å². The first kappa shape index (κ1) is 19.9. The Morgan fingerprint density at radius 2 is 1.74 bits per heavy atom. The standard InChI is InChI=1S/C21H28N2O3S/c1-5-23-10-11-26-20(14-23)18-6-8-19(9-7-18)22-27(24,25)21-16(3)12-15(2)13-17(21)4/h6-9,12-13,20,22H,5,10-11,14H2,1-4H3. The summed E-state index contributed by atoms with van der Waals surface area (Å²) in [4.78, 5) is 2.71. The number of anilines is 1. The zero-order chi connectivity index (χ0) is 19.6. The SMILES string of the molecule is CCN1CCOC(c2ccc(NS(=O)(=O)c3c(C)cc(C)cc3C)cc2)C1. The van der Waals surface area contributed by atoms with Crippen molar-refractivity contribution in [2.75, 3.05) is 31.0 Å². The first-order chi connectivity index (χ1) is 12.8. The number of nitrogens with one attached hydrogen (secondary N) is 1. The van der Waals surface area contributed by atoms with Crippen LogP contribution in [-0.2, 0) is 14.8 Å². The Bertz CT molecular complexity index is 885. The van der Waals surface area contributed by atoms with Gasteiger partial charge in [0, 0.05) is 18.8 Å². The summed E-state index contributed by atoms with van der Waals surface area (Å²) in [6, 6.07) is 11.3. The van der Waals surface area contributed by atoms with Crippen LogP contribution in [0.4, 0.5) is 5.69 Å². The lowest BCUT2D eigenvalue weighted by atomic mass is 10.1. The maximum atomic E-state index is 12.9. The highest BCUT2D eigenvalue weighted by molar-refractivity contribution is 7.92. The van der Waals surface area contributed by atoms with E-state index in [-0.39, 0.29) is 6.10 Å². The van der Waals surface area contributed by atoms with E-state index in [2.05, 4.69) is 16.5 Å². The average Bonchev–Trinajstić information content (AvgIpc) is 2.61. The topological polar surface area (TPSA) is 58.6 Å². The van der Waals surface area contributed by atoms with Gasteiger partial charge in [0.15, 0.2) is 0 Å². The Hall–Kier alpha value is -1.89. The number of nitrogens with zero attached hydrogens (tertiary/aromatic N) is 1. The van der Waals surface area contributed by atoms with Gasteiger partial charge in [-0.1, -0.05) is 36.8 Å². The molecule has 1 aliphatic rings. The minimum Gasteiger partial charge on any atom is -0.371 e. The predicted molar refractivity (Wildman–Crippen MR) is 109 cm³/mol. The smallest absolute Gasteiger partial charge is 0.262 e. The van der Waals surface area contributed by atoms with E-state index in [9.17, 15) is 8.42 Å². The van der Waals surface area contributed by atoms with Crippen LogP contribution < -0.4 is 4.72 Å². The molecule has 0 spiro atoms. The van der Waals surface area contributed by atoms with E-state index >= 15 is 0 Å². The molecule has 5 nitrogen and oxygen atoms in total. The summed E-state index contributed by atoms with van der Waals surface area (Å²) in [6.45, 7) is 11.3. The van der Waals surface area contributed by atoms with Crippen molar-refractivity contribution in [2.24, 2.45) is 0 Å². The Labute approximate surface area is 162 Å². The minimum absolute atomic E-state index is 0.0333. The normalized spacial score (nSPS) is 18.4. The van der Waals surface area contributed by atoms with E-state index in [4.69, 9.17) is 4.74 Å². The monoisotopic (exact) mass is 388 g/mol. The van der Waals surface area contributed by atoms with Crippen molar-refractivity contribution in [2.45, 2.75) is 38.7 Å². The third kappa shape index (κ3) is 4.51. The highest BCUT2D eigenvalue weighted by Crippen LogP contribution is 2.27. The van der Waals surface area contributed by atoms with Crippen molar-refractivity contribution < 1.29 is 13.2 Å². The molecule has 0 aliphatic carbocycles. The fourth-order valence-corrected chi connectivity index (χ4v) is 5.27. The Morgan fingerprint density at radius 1 is 1.11 bits per heavy atom. The van der Waals surface area contributed by atoms with Crippen molar-refractivity contribution in [1.82, 2.24) is 4.90 Å². The lowest BCUT2D eigenvalue weighted by Gasteiger charge is -2.32. The lowest BCUT2D eigenvalue weighted by molar-refractivity contribution is -0.0281. The Morgan fingerprint density at radius 3 is 2.33 bits per heavy atom. The molecular weight excluding hydrogens is 360 g/mol. The van der Waals surface area contributed by atoms with Gasteiger partial charge in [0.25, 0.3) is 10.0 Å². The molecule has 1 atom stereocenters. The number of likely N-dealkylation sites (N-methyl/N-ethyl adjacent to an activating group) is 1. The molecule has 3 rings (SSSR count). The van der Waals surface area contributed by atoms with E-state index in [1.165, 1.54) is 0 Å². The number of sulfonamides is 1. The number of morpholine rings is 1. The molecule has 1 heterocycles. The summed E-state index contributed by atoms with van der Waals surface area (Å²) in [5.41, 5.74) is 4.20. The van der Waals surface area contributed by atoms with Crippen LogP contribution >= 0.6 is 0 Å². The Kier molecular flexibility index (Phi) is 5.89. The summed E-state index contributed by atoms with van der Waals surface area (Å²) in [7, 11) is -3.63. The summed E-state index contributed by atoms with van der Waals surface area (Å²) in [5, 5.41) is 0. The maximum Gasteiger partial charge on any atom is 0.262 e. The average molecular weight is 389 g/mol. The van der Waals surface area contributed by atoms with E-state index in [0.717, 1.165) is 48.5 Å². The molecule has 1 saturated heterocycles. The predicted octanol–water partition coefficient (Wildman–Crippen LogP) is 3.81. The van der Waals surface area contributed by atoms with Gasteiger partial charge in [0.2, 0.25) is 0 Å². The van der Waals surface area contributed by atoms with Gasteiger partial charge in [-0.3, -0.25) is 9.62 Å². The molecule has 0 amide bonds. The second kappa shape index (κ2) is 8.00. The van der Waals surface area contributed by atoms with Crippen LogP contribution in [0, 0.1) is 20.8 Å². The van der Waals surface area contributed by atoms with Gasteiger partial charge in [0.1, 0.15) is 0 Å². The molecule has 2 aromatic carbocycles. The number of hydrogen-bond donors (Lipinski definition) is 1. The second-order valence-corrected chi connectivity index (χ2v) is 8.83. The first-order valence-corrected chi connectivity index (χ1v) is 10.8. The maximum absolute atomic E-state index is 12.9. The highest BCUT2D eigenvalue weighted by Gasteiger charge is 2.22. The van der Waals surface area contributed by atoms with Crippen molar-refractivity contribution in [3.63, 3.8) is 0 Å². The lowest BCUT2D eigenvalue weighted by Crippen LogP contribution is -2.38. The largest absolute Gasteiger partial charge is 0.371 e. The Balaban J connectivity index is 1.78. The minimum atomic E-state index is -3.63. The fourth-order valence-electron chi connectivity index (χ4n) is 3.75. The van der Waals surface area contributed by atoms with Crippen LogP contribution in [0.1, 0.15) is 35.3 Å². The summed E-state index contributed by atoms with van der Waals surface area (Å²) < 4.78 is 34.3. The van der Waals surface area contributed by atoms with E-state index < -0.39 is 10.0 Å². The quantitative estimate of drug-likeness (QED) is 0.846. The second-order valence-electron chi connectivity index (χ2n) is 7.21. The van der Waals surface area contributed by atoms with Gasteiger partial charge < -0.3 is 4.74 Å². The number of aryl methyl sites for hydroxylation is 3. The molecule has 2 aromatic rings. The van der Waals surface area contributed by atoms with Crippen LogP contribution in [0.2, 0.25) is 0 Å². The molecule has 1 fully saturated rings. The van der Waals surface area contributed by atoms with Crippen LogP contribution in [0.3, 0.4) is 0 Å². The summed E-state index contributed by atoms with van der Waals surface area (Å²) >= 11 is 0. The number of ether oxygens (including phenoxy) is 1. The molecule has 0 aromatic heterocycles. The van der Waals surface area contributed by atoms with Crippen LogP contribution in [-0.4, -0.2) is 39.6 Å². The van der Waals surface area contributed by atoms with Gasteiger partial charge in [0.05, 0.1) is 17.6 Å². The van der Waals surface area contributed by atoms with Crippen molar-refractivity contribution in [3.8, 4) is 0 Å². The zero-order valence-corrected chi connectivity index (χ0v) is 17.3. The number of benzene rings is 2. The zero-order valence-electron chi connectivity index (χ0n) is 16.5. The van der Waals surface area contributed by atoms with E-state index in [1.807, 2.05) is 45.0 Å². The summed E-state index contributed by atoms with van der Waals surface area (Å²) in [6.07, 6.45) is 0.0333. The highest BCUT2D eigenvalue weighted by atomic mass is 32.2. The van der Waals surface area contributed by atoms with Crippen LogP contribution in [0.5, 0.6) is 0 Å². The molecule has 6 heteroatoms. The molecule has 1 N–H and O–H groups in total. The van der Waals surface area contributed by atoms with Crippen molar-refractivity contribution in [1.29, 1.82) is 0 Å². The van der Waals surface area contributed by atoms with E-state index in [1.54, 1.807) is 12.1 Å². The molecule has 0 radical (unpaired) electrons. The molecule has 27 heavy (non-hydrogen) atoms. The molecule has 1 unspecified atom stereocenters.